The van der Waals surface area contributed by atoms with Crippen LogP contribution in [0.5, 0.6) is 0 Å². The van der Waals surface area contributed by atoms with Crippen LogP contribution in [0.4, 0.5) is 9.59 Å². The molecular weight excluding hydrogens is 496 g/mol. The van der Waals surface area contributed by atoms with Gasteiger partial charge in [0.05, 0.1) is 6.61 Å². The largest absolute Gasteiger partial charge is 0.464 e. The van der Waals surface area contributed by atoms with Crippen LogP contribution in [0.2, 0.25) is 0 Å². The van der Waals surface area contributed by atoms with Crippen molar-refractivity contribution in [3.05, 3.63) is 95.6 Å². The molecule has 2 amide bonds. The van der Waals surface area contributed by atoms with Gasteiger partial charge in [-0.05, 0) is 54.0 Å². The van der Waals surface area contributed by atoms with Gasteiger partial charge in [0.2, 0.25) is 0 Å². The number of hydrogen-bond donors (Lipinski definition) is 2. The van der Waals surface area contributed by atoms with E-state index in [-0.39, 0.29) is 25.7 Å². The molecule has 39 heavy (non-hydrogen) atoms. The van der Waals surface area contributed by atoms with Crippen LogP contribution in [0.1, 0.15) is 48.8 Å². The van der Waals surface area contributed by atoms with Gasteiger partial charge in [0.1, 0.15) is 19.3 Å². The molecule has 0 spiro atoms. The van der Waals surface area contributed by atoms with Crippen LogP contribution in [-0.4, -0.2) is 44.0 Å². The van der Waals surface area contributed by atoms with Crippen molar-refractivity contribution >= 4 is 18.2 Å². The average molecular weight is 531 g/mol. The molecule has 3 aromatic carbocycles. The lowest BCUT2D eigenvalue weighted by Crippen LogP contribution is -2.42. The second-order valence-electron chi connectivity index (χ2n) is 9.26. The first kappa shape index (κ1) is 27.7. The molecule has 0 heterocycles. The maximum absolute atomic E-state index is 12.7. The van der Waals surface area contributed by atoms with Gasteiger partial charge >= 0.3 is 18.2 Å². The Hall–Kier alpha value is -4.33. The Morgan fingerprint density at radius 3 is 2.08 bits per heavy atom. The number of fused-ring (bicyclic) bond motifs is 3. The third kappa shape index (κ3) is 7.60. The predicted octanol–water partition coefficient (Wildman–Crippen LogP) is 5.55. The standard InChI is InChI=1S/C31H34N2O6/c1-2-37-29(34)28(18-10-11-19-32-30(35)38-20-22-12-4-3-5-13-22)33-31(36)39-21-27-25-16-8-6-14-23(25)24-15-7-9-17-26(24)27/h3-9,12-17,27-28H,2,10-11,18-21H2,1H3,(H,32,35)(H,33,36)/t28-/m0/s1. The lowest BCUT2D eigenvalue weighted by atomic mass is 9.98. The van der Waals surface area contributed by atoms with Crippen molar-refractivity contribution in [3.8, 4) is 11.1 Å². The number of unbranched alkanes of at least 4 members (excludes halogenated alkanes) is 1. The van der Waals surface area contributed by atoms with Gasteiger partial charge < -0.3 is 24.8 Å². The van der Waals surface area contributed by atoms with E-state index >= 15 is 0 Å². The third-order valence-electron chi connectivity index (χ3n) is 6.61. The molecule has 0 radical (unpaired) electrons. The lowest BCUT2D eigenvalue weighted by molar-refractivity contribution is -0.145. The third-order valence-corrected chi connectivity index (χ3v) is 6.61. The van der Waals surface area contributed by atoms with Gasteiger partial charge in [0, 0.05) is 12.5 Å². The Balaban J connectivity index is 1.22. The summed E-state index contributed by atoms with van der Waals surface area (Å²) in [5.74, 6) is -0.585. The highest BCUT2D eigenvalue weighted by atomic mass is 16.6. The zero-order valence-corrected chi connectivity index (χ0v) is 22.1. The van der Waals surface area contributed by atoms with Gasteiger partial charge in [0.15, 0.2) is 0 Å². The van der Waals surface area contributed by atoms with Gasteiger partial charge in [-0.2, -0.15) is 0 Å². The monoisotopic (exact) mass is 530 g/mol. The summed E-state index contributed by atoms with van der Waals surface area (Å²) >= 11 is 0. The minimum Gasteiger partial charge on any atom is -0.464 e. The van der Waals surface area contributed by atoms with Crippen LogP contribution < -0.4 is 10.6 Å². The lowest BCUT2D eigenvalue weighted by Gasteiger charge is -2.19. The fourth-order valence-electron chi connectivity index (χ4n) is 4.71. The Morgan fingerprint density at radius 2 is 1.41 bits per heavy atom. The van der Waals surface area contributed by atoms with E-state index in [1.165, 1.54) is 0 Å². The summed E-state index contributed by atoms with van der Waals surface area (Å²) in [5, 5.41) is 5.36. The SMILES string of the molecule is CCOC(=O)[C@H](CCCCNC(=O)OCc1ccccc1)NC(=O)OCC1c2ccccc2-c2ccccc21. The van der Waals surface area contributed by atoms with Crippen molar-refractivity contribution in [1.29, 1.82) is 0 Å². The fraction of sp³-hybridized carbons (Fsp3) is 0.323. The van der Waals surface area contributed by atoms with Crippen LogP contribution in [0.15, 0.2) is 78.9 Å². The number of esters is 1. The molecule has 1 aliphatic rings. The molecule has 1 atom stereocenters. The van der Waals surface area contributed by atoms with Gasteiger partial charge in [-0.3, -0.25) is 0 Å². The number of rotatable bonds is 12. The Labute approximate surface area is 228 Å². The number of nitrogens with one attached hydrogen (secondary N) is 2. The van der Waals surface area contributed by atoms with Crippen molar-refractivity contribution in [2.45, 2.75) is 44.8 Å². The highest BCUT2D eigenvalue weighted by Crippen LogP contribution is 2.44. The van der Waals surface area contributed by atoms with E-state index in [0.717, 1.165) is 27.8 Å². The van der Waals surface area contributed by atoms with Gasteiger partial charge in [-0.15, -0.1) is 0 Å². The molecule has 0 aromatic heterocycles. The van der Waals surface area contributed by atoms with Crippen LogP contribution in [0.25, 0.3) is 11.1 Å². The minimum atomic E-state index is -0.842. The zero-order chi connectivity index (χ0) is 27.5. The molecule has 0 unspecified atom stereocenters. The second kappa shape index (κ2) is 14.0. The van der Waals surface area contributed by atoms with Crippen molar-refractivity contribution in [2.75, 3.05) is 19.8 Å². The molecule has 8 nitrogen and oxygen atoms in total. The number of benzene rings is 3. The molecule has 8 heteroatoms. The predicted molar refractivity (Wildman–Crippen MR) is 147 cm³/mol. The average Bonchev–Trinajstić information content (AvgIpc) is 3.28. The summed E-state index contributed by atoms with van der Waals surface area (Å²) in [4.78, 5) is 37.1. The normalized spacial score (nSPS) is 12.5. The highest BCUT2D eigenvalue weighted by Gasteiger charge is 2.30. The Kier molecular flexibility index (Phi) is 9.94. The summed E-state index contributed by atoms with van der Waals surface area (Å²) in [7, 11) is 0. The van der Waals surface area contributed by atoms with Crippen LogP contribution in [-0.2, 0) is 25.6 Å². The van der Waals surface area contributed by atoms with Gasteiger partial charge in [0.25, 0.3) is 0 Å². The molecule has 0 bridgehead atoms. The number of hydrogen-bond acceptors (Lipinski definition) is 6. The van der Waals surface area contributed by atoms with E-state index in [0.29, 0.717) is 25.8 Å². The second-order valence-corrected chi connectivity index (χ2v) is 9.26. The van der Waals surface area contributed by atoms with Crippen LogP contribution in [0.3, 0.4) is 0 Å². The number of carbonyl (C=O) groups is 3. The smallest absolute Gasteiger partial charge is 0.407 e. The maximum atomic E-state index is 12.7. The fourth-order valence-corrected chi connectivity index (χ4v) is 4.71. The van der Waals surface area contributed by atoms with Crippen molar-refractivity contribution in [3.63, 3.8) is 0 Å². The van der Waals surface area contributed by atoms with E-state index in [2.05, 4.69) is 22.8 Å². The van der Waals surface area contributed by atoms with Crippen LogP contribution in [0, 0.1) is 0 Å². The van der Waals surface area contributed by atoms with E-state index in [1.54, 1.807) is 6.92 Å². The van der Waals surface area contributed by atoms with Gasteiger partial charge in [-0.25, -0.2) is 14.4 Å². The number of amides is 2. The first-order valence-electron chi connectivity index (χ1n) is 13.3. The van der Waals surface area contributed by atoms with Crippen molar-refractivity contribution in [1.82, 2.24) is 10.6 Å². The van der Waals surface area contributed by atoms with Crippen LogP contribution >= 0.6 is 0 Å². The quantitative estimate of drug-likeness (QED) is 0.181. The van der Waals surface area contributed by atoms with Crippen molar-refractivity contribution < 1.29 is 28.6 Å². The molecule has 204 valence electrons. The van der Waals surface area contributed by atoms with E-state index in [4.69, 9.17) is 14.2 Å². The maximum Gasteiger partial charge on any atom is 0.407 e. The minimum absolute atomic E-state index is 0.0723. The molecular formula is C31H34N2O6. The summed E-state index contributed by atoms with van der Waals surface area (Å²) < 4.78 is 15.9. The molecule has 3 aromatic rings. The number of alkyl carbamates (subject to hydrolysis) is 2. The van der Waals surface area contributed by atoms with E-state index < -0.39 is 24.2 Å². The first-order chi connectivity index (χ1) is 19.1. The molecule has 0 fully saturated rings. The first-order valence-corrected chi connectivity index (χ1v) is 13.3. The summed E-state index contributed by atoms with van der Waals surface area (Å²) in [6, 6.07) is 24.8. The molecule has 2 N–H and O–H groups in total. The molecule has 0 aliphatic heterocycles. The molecule has 4 rings (SSSR count). The summed E-state index contributed by atoms with van der Waals surface area (Å²) in [6.07, 6.45) is 0.355. The van der Waals surface area contributed by atoms with Crippen molar-refractivity contribution in [2.24, 2.45) is 0 Å². The Bertz CT molecular complexity index is 1220. The topological polar surface area (TPSA) is 103 Å². The zero-order valence-electron chi connectivity index (χ0n) is 22.1. The summed E-state index contributed by atoms with van der Waals surface area (Å²) in [6.45, 7) is 2.66. The van der Waals surface area contributed by atoms with Gasteiger partial charge in [-0.1, -0.05) is 78.9 Å². The number of carbonyl (C=O) groups excluding carboxylic acids is 3. The number of ether oxygens (including phenoxy) is 3. The van der Waals surface area contributed by atoms with E-state index in [1.807, 2.05) is 66.7 Å². The molecule has 1 aliphatic carbocycles. The molecule has 0 saturated heterocycles. The summed E-state index contributed by atoms with van der Waals surface area (Å²) in [5.41, 5.74) is 5.42. The molecule has 0 saturated carbocycles. The highest BCUT2D eigenvalue weighted by molar-refractivity contribution is 5.82. The van der Waals surface area contributed by atoms with E-state index in [9.17, 15) is 14.4 Å². The Morgan fingerprint density at radius 1 is 0.769 bits per heavy atom.